The number of rotatable bonds is 3. The summed E-state index contributed by atoms with van der Waals surface area (Å²) in [7, 11) is 5.88. The van der Waals surface area contributed by atoms with Crippen LogP contribution in [0.3, 0.4) is 0 Å². The predicted octanol–water partition coefficient (Wildman–Crippen LogP) is 0.162. The van der Waals surface area contributed by atoms with E-state index in [0.717, 1.165) is 6.42 Å². The lowest BCUT2D eigenvalue weighted by atomic mass is 10.1. The third-order valence-corrected chi connectivity index (χ3v) is 3.76. The normalized spacial score (nSPS) is 23.9. The van der Waals surface area contributed by atoms with Gasteiger partial charge in [0.25, 0.3) is 5.91 Å². The topological polar surface area (TPSA) is 48.7 Å². The highest BCUT2D eigenvalue weighted by Crippen LogP contribution is 2.22. The van der Waals surface area contributed by atoms with Gasteiger partial charge in [-0.25, -0.2) is 0 Å². The molecule has 2 atom stereocenters. The van der Waals surface area contributed by atoms with Gasteiger partial charge < -0.3 is 19.5 Å². The smallest absolute Gasteiger partial charge is 0.270 e. The van der Waals surface area contributed by atoms with Gasteiger partial charge in [0.2, 0.25) is 0 Å². The van der Waals surface area contributed by atoms with Gasteiger partial charge in [-0.1, -0.05) is 0 Å². The molecule has 1 aromatic heterocycles. The van der Waals surface area contributed by atoms with E-state index >= 15 is 0 Å². The lowest BCUT2D eigenvalue weighted by molar-refractivity contribution is 0.0663. The number of amides is 1. The number of likely N-dealkylation sites (tertiary alicyclic amines) is 1. The molecule has 1 amide bonds. The van der Waals surface area contributed by atoms with E-state index in [0.29, 0.717) is 18.3 Å². The first-order chi connectivity index (χ1) is 8.54. The van der Waals surface area contributed by atoms with E-state index in [9.17, 15) is 9.90 Å². The zero-order valence-corrected chi connectivity index (χ0v) is 11.2. The number of hydrogen-bond acceptors (Lipinski definition) is 3. The van der Waals surface area contributed by atoms with E-state index in [1.54, 1.807) is 4.90 Å². The summed E-state index contributed by atoms with van der Waals surface area (Å²) in [5.41, 5.74) is 0.674. The number of aliphatic hydroxyl groups is 1. The largest absolute Gasteiger partial charge is 0.394 e. The van der Waals surface area contributed by atoms with Gasteiger partial charge in [0.1, 0.15) is 5.69 Å². The number of aliphatic hydroxyl groups excluding tert-OH is 1. The van der Waals surface area contributed by atoms with E-state index in [1.165, 1.54) is 0 Å². The van der Waals surface area contributed by atoms with Crippen LogP contribution in [0.1, 0.15) is 16.9 Å². The van der Waals surface area contributed by atoms with Crippen molar-refractivity contribution < 1.29 is 9.90 Å². The molecule has 2 heterocycles. The van der Waals surface area contributed by atoms with Crippen molar-refractivity contribution in [1.82, 2.24) is 14.4 Å². The maximum absolute atomic E-state index is 12.4. The van der Waals surface area contributed by atoms with E-state index in [1.807, 2.05) is 44.0 Å². The standard InChI is InChI=1S/C13H21N3O2/c1-14(2)10-7-11(9-17)16(8-10)13(18)12-5-4-6-15(12)3/h4-6,10-11,17H,7-9H2,1-3H3/t10-,11+/m1/s1. The number of hydrogen-bond donors (Lipinski definition) is 1. The molecule has 5 heteroatoms. The van der Waals surface area contributed by atoms with Crippen molar-refractivity contribution >= 4 is 5.91 Å². The highest BCUT2D eigenvalue weighted by molar-refractivity contribution is 5.93. The predicted molar refractivity (Wildman–Crippen MR) is 69.4 cm³/mol. The van der Waals surface area contributed by atoms with Gasteiger partial charge in [0, 0.05) is 25.8 Å². The molecule has 0 radical (unpaired) electrons. The Morgan fingerprint density at radius 2 is 2.28 bits per heavy atom. The molecule has 5 nitrogen and oxygen atoms in total. The van der Waals surface area contributed by atoms with Gasteiger partial charge >= 0.3 is 0 Å². The summed E-state index contributed by atoms with van der Waals surface area (Å²) < 4.78 is 1.82. The minimum absolute atomic E-state index is 0.00546. The molecule has 18 heavy (non-hydrogen) atoms. The first-order valence-corrected chi connectivity index (χ1v) is 6.24. The fourth-order valence-electron chi connectivity index (χ4n) is 2.52. The molecule has 1 aromatic rings. The molecule has 0 aliphatic carbocycles. The molecule has 0 unspecified atom stereocenters. The summed E-state index contributed by atoms with van der Waals surface area (Å²) in [4.78, 5) is 16.3. The first kappa shape index (κ1) is 13.1. The number of carbonyl (C=O) groups excluding carboxylic acids is 1. The van der Waals surface area contributed by atoms with Crippen molar-refractivity contribution in [2.75, 3.05) is 27.2 Å². The second kappa shape index (κ2) is 5.12. The minimum Gasteiger partial charge on any atom is -0.394 e. The molecule has 1 aliphatic rings. The van der Waals surface area contributed by atoms with Crippen LogP contribution >= 0.6 is 0 Å². The SMILES string of the molecule is CN(C)[C@@H]1C[C@@H](CO)N(C(=O)c2cccn2C)C1. The Balaban J connectivity index is 2.17. The molecule has 2 rings (SSSR count). The van der Waals surface area contributed by atoms with Gasteiger partial charge in [-0.15, -0.1) is 0 Å². The lowest BCUT2D eigenvalue weighted by Crippen LogP contribution is -2.39. The molecule has 1 saturated heterocycles. The Morgan fingerprint density at radius 3 is 2.78 bits per heavy atom. The Bertz CT molecular complexity index is 428. The zero-order valence-electron chi connectivity index (χ0n) is 11.2. The van der Waals surface area contributed by atoms with Crippen LogP contribution in [0.5, 0.6) is 0 Å². The molecule has 0 bridgehead atoms. The van der Waals surface area contributed by atoms with Crippen molar-refractivity contribution in [3.8, 4) is 0 Å². The third-order valence-electron chi connectivity index (χ3n) is 3.76. The molecular formula is C13H21N3O2. The number of aryl methyl sites for hydroxylation is 1. The van der Waals surface area contributed by atoms with Crippen LogP contribution < -0.4 is 0 Å². The van der Waals surface area contributed by atoms with Gasteiger partial charge in [0.15, 0.2) is 0 Å². The molecule has 0 aromatic carbocycles. The molecular weight excluding hydrogens is 230 g/mol. The van der Waals surface area contributed by atoms with Crippen molar-refractivity contribution in [3.63, 3.8) is 0 Å². The maximum Gasteiger partial charge on any atom is 0.270 e. The highest BCUT2D eigenvalue weighted by Gasteiger charge is 2.36. The van der Waals surface area contributed by atoms with Gasteiger partial charge in [-0.2, -0.15) is 0 Å². The van der Waals surface area contributed by atoms with Crippen LogP contribution in [0, 0.1) is 0 Å². The number of carbonyl (C=O) groups is 1. The van der Waals surface area contributed by atoms with Crippen LogP contribution in [0.25, 0.3) is 0 Å². The average Bonchev–Trinajstić information content (AvgIpc) is 2.93. The lowest BCUT2D eigenvalue weighted by Gasteiger charge is -2.23. The summed E-state index contributed by atoms with van der Waals surface area (Å²) in [5, 5.41) is 9.43. The van der Waals surface area contributed by atoms with Crippen LogP contribution in [0.2, 0.25) is 0 Å². The summed E-state index contributed by atoms with van der Waals surface area (Å²) >= 11 is 0. The van der Waals surface area contributed by atoms with Crippen LogP contribution in [-0.4, -0.2) is 64.7 Å². The Hall–Kier alpha value is -1.33. The van der Waals surface area contributed by atoms with Crippen LogP contribution in [-0.2, 0) is 7.05 Å². The third kappa shape index (κ3) is 2.28. The maximum atomic E-state index is 12.4. The van der Waals surface area contributed by atoms with Crippen molar-refractivity contribution in [2.45, 2.75) is 18.5 Å². The van der Waals surface area contributed by atoms with E-state index in [4.69, 9.17) is 0 Å². The van der Waals surface area contributed by atoms with Crippen molar-refractivity contribution in [2.24, 2.45) is 7.05 Å². The summed E-state index contributed by atoms with van der Waals surface area (Å²) in [6.07, 6.45) is 2.69. The molecule has 1 aliphatic heterocycles. The van der Waals surface area contributed by atoms with Gasteiger partial charge in [-0.05, 0) is 32.6 Å². The Morgan fingerprint density at radius 1 is 1.56 bits per heavy atom. The highest BCUT2D eigenvalue weighted by atomic mass is 16.3. The van der Waals surface area contributed by atoms with Crippen LogP contribution in [0.15, 0.2) is 18.3 Å². The minimum atomic E-state index is -0.0696. The van der Waals surface area contributed by atoms with E-state index in [-0.39, 0.29) is 18.6 Å². The summed E-state index contributed by atoms with van der Waals surface area (Å²) in [6.45, 7) is 0.711. The summed E-state index contributed by atoms with van der Waals surface area (Å²) in [5.74, 6) is 0.00546. The Kier molecular flexibility index (Phi) is 3.73. The van der Waals surface area contributed by atoms with Crippen LogP contribution in [0.4, 0.5) is 0 Å². The molecule has 1 fully saturated rings. The quantitative estimate of drug-likeness (QED) is 0.832. The fraction of sp³-hybridized carbons (Fsp3) is 0.615. The van der Waals surface area contributed by atoms with Gasteiger partial charge in [-0.3, -0.25) is 4.79 Å². The number of nitrogens with zero attached hydrogens (tertiary/aromatic N) is 3. The molecule has 0 spiro atoms. The molecule has 0 saturated carbocycles. The second-order valence-electron chi connectivity index (χ2n) is 5.15. The van der Waals surface area contributed by atoms with E-state index < -0.39 is 0 Å². The fourth-order valence-corrected chi connectivity index (χ4v) is 2.52. The van der Waals surface area contributed by atoms with Gasteiger partial charge in [0.05, 0.1) is 12.6 Å². The Labute approximate surface area is 108 Å². The summed E-state index contributed by atoms with van der Waals surface area (Å²) in [6, 6.07) is 3.94. The second-order valence-corrected chi connectivity index (χ2v) is 5.15. The number of aromatic nitrogens is 1. The van der Waals surface area contributed by atoms with Crippen molar-refractivity contribution in [3.05, 3.63) is 24.0 Å². The first-order valence-electron chi connectivity index (χ1n) is 6.24. The number of likely N-dealkylation sites (N-methyl/N-ethyl adjacent to an activating group) is 1. The molecule has 1 N–H and O–H groups in total. The van der Waals surface area contributed by atoms with Crippen molar-refractivity contribution in [1.29, 1.82) is 0 Å². The molecule has 100 valence electrons. The van der Waals surface area contributed by atoms with E-state index in [2.05, 4.69) is 4.90 Å². The average molecular weight is 251 g/mol. The zero-order chi connectivity index (χ0) is 13.3. The monoisotopic (exact) mass is 251 g/mol.